The fourth-order valence-corrected chi connectivity index (χ4v) is 3.59. The van der Waals surface area contributed by atoms with Crippen LogP contribution in [-0.4, -0.2) is 33.9 Å². The molecule has 0 spiro atoms. The number of rotatable bonds is 3. The van der Waals surface area contributed by atoms with Gasteiger partial charge in [0.25, 0.3) is 5.91 Å². The van der Waals surface area contributed by atoms with Gasteiger partial charge in [0.05, 0.1) is 0 Å². The Kier molecular flexibility index (Phi) is 5.10. The number of benzene rings is 2. The van der Waals surface area contributed by atoms with Crippen molar-refractivity contribution in [3.63, 3.8) is 0 Å². The van der Waals surface area contributed by atoms with Crippen molar-refractivity contribution in [2.45, 2.75) is 18.8 Å². The molecule has 1 atom stereocenters. The SMILES string of the molecule is O=C(c1c(F)cccc1F)N1CCCC(c2ccnc(-c3ccccc3)n2)C1. The highest BCUT2D eigenvalue weighted by Gasteiger charge is 2.29. The Morgan fingerprint density at radius 2 is 1.75 bits per heavy atom. The maximum Gasteiger partial charge on any atom is 0.259 e. The summed E-state index contributed by atoms with van der Waals surface area (Å²) in [4.78, 5) is 23.2. The molecule has 1 aliphatic rings. The van der Waals surface area contributed by atoms with E-state index in [4.69, 9.17) is 0 Å². The summed E-state index contributed by atoms with van der Waals surface area (Å²) in [5, 5.41) is 0. The first-order chi connectivity index (χ1) is 13.6. The second-order valence-corrected chi connectivity index (χ2v) is 6.86. The Morgan fingerprint density at radius 3 is 2.50 bits per heavy atom. The Hall–Kier alpha value is -3.15. The minimum absolute atomic E-state index is 0.00185. The topological polar surface area (TPSA) is 46.1 Å². The fraction of sp³-hybridized carbons (Fsp3) is 0.227. The standard InChI is InChI=1S/C22H19F2N3O/c23-17-9-4-10-18(24)20(17)22(28)27-13-5-8-16(14-27)19-11-12-25-21(26-19)15-6-2-1-3-7-15/h1-4,6-7,9-12,16H,5,8,13-14H2. The highest BCUT2D eigenvalue weighted by Crippen LogP contribution is 2.28. The summed E-state index contributed by atoms with van der Waals surface area (Å²) < 4.78 is 28.0. The molecule has 2 aromatic carbocycles. The average Bonchev–Trinajstić information content (AvgIpc) is 2.74. The maximum atomic E-state index is 14.0. The molecule has 4 rings (SSSR count). The number of nitrogens with zero attached hydrogens (tertiary/aromatic N) is 3. The van der Waals surface area contributed by atoms with E-state index in [0.29, 0.717) is 18.9 Å². The molecule has 1 aromatic heterocycles. The van der Waals surface area contributed by atoms with E-state index >= 15 is 0 Å². The Labute approximate surface area is 161 Å². The van der Waals surface area contributed by atoms with Gasteiger partial charge in [-0.3, -0.25) is 4.79 Å². The zero-order valence-corrected chi connectivity index (χ0v) is 15.2. The van der Waals surface area contributed by atoms with Crippen molar-refractivity contribution in [1.29, 1.82) is 0 Å². The molecule has 28 heavy (non-hydrogen) atoms. The highest BCUT2D eigenvalue weighted by atomic mass is 19.1. The molecule has 3 aromatic rings. The third kappa shape index (κ3) is 3.63. The molecule has 0 saturated carbocycles. The maximum absolute atomic E-state index is 14.0. The van der Waals surface area contributed by atoms with Crippen molar-refractivity contribution in [3.8, 4) is 11.4 Å². The van der Waals surface area contributed by atoms with Gasteiger partial charge in [0.1, 0.15) is 17.2 Å². The molecule has 0 aliphatic carbocycles. The van der Waals surface area contributed by atoms with Crippen molar-refractivity contribution in [3.05, 3.63) is 83.7 Å². The first-order valence-electron chi connectivity index (χ1n) is 9.25. The van der Waals surface area contributed by atoms with E-state index in [2.05, 4.69) is 9.97 Å². The molecule has 4 nitrogen and oxygen atoms in total. The van der Waals surface area contributed by atoms with E-state index in [-0.39, 0.29) is 5.92 Å². The number of carbonyl (C=O) groups excluding carboxylic acids is 1. The first kappa shape index (κ1) is 18.2. The van der Waals surface area contributed by atoms with Crippen LogP contribution in [0.15, 0.2) is 60.8 Å². The fourth-order valence-electron chi connectivity index (χ4n) is 3.59. The smallest absolute Gasteiger partial charge is 0.259 e. The highest BCUT2D eigenvalue weighted by molar-refractivity contribution is 5.94. The number of halogens is 2. The molecule has 2 heterocycles. The number of likely N-dealkylation sites (tertiary alicyclic amines) is 1. The Morgan fingerprint density at radius 1 is 1.00 bits per heavy atom. The summed E-state index contributed by atoms with van der Waals surface area (Å²) in [6.45, 7) is 0.845. The average molecular weight is 379 g/mol. The van der Waals surface area contributed by atoms with Crippen molar-refractivity contribution >= 4 is 5.91 Å². The quantitative estimate of drug-likeness (QED) is 0.676. The molecule has 0 N–H and O–H groups in total. The van der Waals surface area contributed by atoms with E-state index in [1.807, 2.05) is 36.4 Å². The predicted molar refractivity (Wildman–Crippen MR) is 102 cm³/mol. The van der Waals surface area contributed by atoms with Crippen LogP contribution in [0.5, 0.6) is 0 Å². The van der Waals surface area contributed by atoms with Gasteiger partial charge in [0.2, 0.25) is 0 Å². The van der Waals surface area contributed by atoms with Crippen LogP contribution in [0.25, 0.3) is 11.4 Å². The number of aromatic nitrogens is 2. The number of amides is 1. The lowest BCUT2D eigenvalue weighted by atomic mass is 9.94. The van der Waals surface area contributed by atoms with Gasteiger partial charge in [-0.1, -0.05) is 36.4 Å². The van der Waals surface area contributed by atoms with Crippen LogP contribution in [-0.2, 0) is 0 Å². The number of hydrogen-bond donors (Lipinski definition) is 0. The van der Waals surface area contributed by atoms with Crippen LogP contribution < -0.4 is 0 Å². The summed E-state index contributed by atoms with van der Waals surface area (Å²) in [6.07, 6.45) is 3.31. The van der Waals surface area contributed by atoms with Crippen LogP contribution in [0.4, 0.5) is 8.78 Å². The lowest BCUT2D eigenvalue weighted by molar-refractivity contribution is 0.0696. The summed E-state index contributed by atoms with van der Waals surface area (Å²) in [6, 6.07) is 15.0. The molecule has 1 aliphatic heterocycles. The van der Waals surface area contributed by atoms with E-state index in [1.54, 1.807) is 6.20 Å². The number of hydrogen-bond acceptors (Lipinski definition) is 3. The zero-order valence-electron chi connectivity index (χ0n) is 15.2. The molecule has 0 radical (unpaired) electrons. The molecule has 0 bridgehead atoms. The summed E-state index contributed by atoms with van der Waals surface area (Å²) >= 11 is 0. The predicted octanol–water partition coefficient (Wildman–Crippen LogP) is 4.44. The largest absolute Gasteiger partial charge is 0.338 e. The Bertz CT molecular complexity index is 974. The van der Waals surface area contributed by atoms with E-state index in [0.717, 1.165) is 36.2 Å². The molecule has 1 amide bonds. The van der Waals surface area contributed by atoms with Gasteiger partial charge < -0.3 is 4.90 Å². The molecule has 6 heteroatoms. The second kappa shape index (κ2) is 7.84. The monoisotopic (exact) mass is 379 g/mol. The van der Waals surface area contributed by atoms with Crippen LogP contribution in [0, 0.1) is 11.6 Å². The molecule has 142 valence electrons. The Balaban J connectivity index is 1.57. The summed E-state index contributed by atoms with van der Waals surface area (Å²) in [5.74, 6) is -1.65. The molecule has 1 unspecified atom stereocenters. The first-order valence-corrected chi connectivity index (χ1v) is 9.25. The van der Waals surface area contributed by atoms with Gasteiger partial charge in [-0.05, 0) is 31.0 Å². The molecule has 1 saturated heterocycles. The van der Waals surface area contributed by atoms with E-state index in [1.165, 1.54) is 11.0 Å². The molecular formula is C22H19F2N3O. The van der Waals surface area contributed by atoms with Crippen LogP contribution in [0.3, 0.4) is 0 Å². The van der Waals surface area contributed by atoms with Crippen LogP contribution in [0.2, 0.25) is 0 Å². The number of carbonyl (C=O) groups is 1. The third-order valence-corrected chi connectivity index (χ3v) is 5.01. The van der Waals surface area contributed by atoms with Gasteiger partial charge in [0.15, 0.2) is 5.82 Å². The summed E-state index contributed by atoms with van der Waals surface area (Å²) in [5.41, 5.74) is 1.26. The second-order valence-electron chi connectivity index (χ2n) is 6.86. The van der Waals surface area contributed by atoms with Gasteiger partial charge in [-0.2, -0.15) is 0 Å². The molecule has 1 fully saturated rings. The van der Waals surface area contributed by atoms with E-state index in [9.17, 15) is 13.6 Å². The van der Waals surface area contributed by atoms with Crippen molar-refractivity contribution in [2.24, 2.45) is 0 Å². The van der Waals surface area contributed by atoms with Crippen molar-refractivity contribution in [2.75, 3.05) is 13.1 Å². The molecular weight excluding hydrogens is 360 g/mol. The minimum atomic E-state index is -0.833. The lowest BCUT2D eigenvalue weighted by Crippen LogP contribution is -2.40. The third-order valence-electron chi connectivity index (χ3n) is 5.01. The van der Waals surface area contributed by atoms with Gasteiger partial charge in [-0.15, -0.1) is 0 Å². The normalized spacial score (nSPS) is 16.8. The zero-order chi connectivity index (χ0) is 19.5. The van der Waals surface area contributed by atoms with E-state index < -0.39 is 23.1 Å². The van der Waals surface area contributed by atoms with Gasteiger partial charge >= 0.3 is 0 Å². The minimum Gasteiger partial charge on any atom is -0.338 e. The van der Waals surface area contributed by atoms with Gasteiger partial charge in [-0.25, -0.2) is 18.7 Å². The lowest BCUT2D eigenvalue weighted by Gasteiger charge is -2.32. The van der Waals surface area contributed by atoms with Gasteiger partial charge in [0, 0.05) is 36.5 Å². The summed E-state index contributed by atoms with van der Waals surface area (Å²) in [7, 11) is 0. The van der Waals surface area contributed by atoms with Crippen molar-refractivity contribution in [1.82, 2.24) is 14.9 Å². The number of piperidine rings is 1. The van der Waals surface area contributed by atoms with Crippen LogP contribution in [0.1, 0.15) is 34.8 Å². The van der Waals surface area contributed by atoms with Crippen LogP contribution >= 0.6 is 0 Å². The van der Waals surface area contributed by atoms with Crippen molar-refractivity contribution < 1.29 is 13.6 Å².